The Morgan fingerprint density at radius 3 is 2.92 bits per heavy atom. The van der Waals surface area contributed by atoms with Crippen molar-refractivity contribution < 1.29 is 8.78 Å². The molecule has 0 saturated carbocycles. The Hall–Kier alpha value is -2.17. The summed E-state index contributed by atoms with van der Waals surface area (Å²) < 4.78 is 29.8. The zero-order chi connectivity index (χ0) is 18.7. The molecule has 4 nitrogen and oxygen atoms in total. The number of thiophene rings is 1. The van der Waals surface area contributed by atoms with Crippen molar-refractivity contribution in [2.45, 2.75) is 39.4 Å². The van der Waals surface area contributed by atoms with E-state index in [1.165, 1.54) is 11.4 Å². The summed E-state index contributed by atoms with van der Waals surface area (Å²) in [5.74, 6) is 5.42. The third kappa shape index (κ3) is 3.81. The SMILES string of the molecule is CC#Cc1c(CCC(C)F)c(F)c2c(NCc3cccs3)nc(Cl)nn12. The number of nitrogens with zero attached hydrogens (tertiary/aromatic N) is 3. The van der Waals surface area contributed by atoms with Crippen molar-refractivity contribution in [2.24, 2.45) is 0 Å². The minimum atomic E-state index is -1.04. The molecule has 0 aliphatic rings. The van der Waals surface area contributed by atoms with Crippen LogP contribution in [0.2, 0.25) is 5.28 Å². The average Bonchev–Trinajstić information content (AvgIpc) is 3.19. The van der Waals surface area contributed by atoms with Crippen LogP contribution in [0.5, 0.6) is 0 Å². The lowest BCUT2D eigenvalue weighted by molar-refractivity contribution is 0.340. The molecule has 1 unspecified atom stereocenters. The number of nitrogens with one attached hydrogen (secondary N) is 1. The number of hydrogen-bond donors (Lipinski definition) is 1. The van der Waals surface area contributed by atoms with Crippen LogP contribution < -0.4 is 5.32 Å². The molecule has 0 bridgehead atoms. The van der Waals surface area contributed by atoms with Crippen molar-refractivity contribution in [3.63, 3.8) is 0 Å². The molecule has 0 amide bonds. The van der Waals surface area contributed by atoms with Crippen LogP contribution in [0.1, 0.15) is 36.4 Å². The lowest BCUT2D eigenvalue weighted by Gasteiger charge is -2.07. The number of fused-ring (bicyclic) bond motifs is 1. The van der Waals surface area contributed by atoms with Gasteiger partial charge in [-0.2, -0.15) is 4.98 Å². The topological polar surface area (TPSA) is 42.2 Å². The van der Waals surface area contributed by atoms with Crippen molar-refractivity contribution >= 4 is 34.3 Å². The summed E-state index contributed by atoms with van der Waals surface area (Å²) in [5, 5.41) is 9.16. The number of halogens is 3. The van der Waals surface area contributed by atoms with Crippen molar-refractivity contribution in [3.8, 4) is 11.8 Å². The number of aromatic nitrogens is 3. The van der Waals surface area contributed by atoms with E-state index < -0.39 is 12.0 Å². The van der Waals surface area contributed by atoms with Crippen LogP contribution in [-0.4, -0.2) is 20.8 Å². The standard InChI is InChI=1S/C18H17ClF2N4S/c1-3-5-14-13(8-7-11(2)20)15(21)16-17(23-18(19)24-25(14)16)22-10-12-6-4-9-26-12/h4,6,9,11H,7-8,10H2,1-2H3,(H,22,23,24). The van der Waals surface area contributed by atoms with Crippen molar-refractivity contribution in [1.29, 1.82) is 0 Å². The van der Waals surface area contributed by atoms with Crippen molar-refractivity contribution in [3.05, 3.63) is 44.7 Å². The molecule has 0 fully saturated rings. The Morgan fingerprint density at radius 1 is 1.46 bits per heavy atom. The molecule has 3 heterocycles. The van der Waals surface area contributed by atoms with Crippen molar-refractivity contribution in [1.82, 2.24) is 14.6 Å². The van der Waals surface area contributed by atoms with Gasteiger partial charge in [-0.1, -0.05) is 12.0 Å². The fraction of sp³-hybridized carbons (Fsp3) is 0.333. The number of alkyl halides is 1. The Labute approximate surface area is 159 Å². The fourth-order valence-corrected chi connectivity index (χ4v) is 3.46. The first-order valence-electron chi connectivity index (χ1n) is 8.11. The highest BCUT2D eigenvalue weighted by Gasteiger charge is 2.23. The van der Waals surface area contributed by atoms with Crippen LogP contribution in [0, 0.1) is 17.7 Å². The van der Waals surface area contributed by atoms with Gasteiger partial charge < -0.3 is 5.32 Å². The summed E-state index contributed by atoms with van der Waals surface area (Å²) in [4.78, 5) is 5.21. The third-order valence-electron chi connectivity index (χ3n) is 3.84. The van der Waals surface area contributed by atoms with Gasteiger partial charge in [0.25, 0.3) is 0 Å². The Bertz CT molecular complexity index is 971. The molecular weight excluding hydrogens is 378 g/mol. The third-order valence-corrected chi connectivity index (χ3v) is 4.88. The summed E-state index contributed by atoms with van der Waals surface area (Å²) in [6, 6.07) is 3.90. The molecule has 8 heteroatoms. The average molecular weight is 395 g/mol. The van der Waals surface area contributed by atoms with E-state index in [4.69, 9.17) is 11.6 Å². The molecule has 1 N–H and O–H groups in total. The van der Waals surface area contributed by atoms with Crippen LogP contribution >= 0.6 is 22.9 Å². The van der Waals surface area contributed by atoms with Gasteiger partial charge in [0.2, 0.25) is 5.28 Å². The lowest BCUT2D eigenvalue weighted by Crippen LogP contribution is -2.06. The maximum atomic E-state index is 15.1. The van der Waals surface area contributed by atoms with E-state index in [1.54, 1.807) is 18.3 Å². The minimum absolute atomic E-state index is 0.0225. The summed E-state index contributed by atoms with van der Waals surface area (Å²) in [6.45, 7) is 3.58. The smallest absolute Gasteiger partial charge is 0.243 e. The molecule has 3 rings (SSSR count). The van der Waals surface area contributed by atoms with Gasteiger partial charge in [0.05, 0.1) is 12.7 Å². The van der Waals surface area contributed by atoms with Crippen molar-refractivity contribution in [2.75, 3.05) is 5.32 Å². The highest BCUT2D eigenvalue weighted by molar-refractivity contribution is 7.09. The summed E-state index contributed by atoms with van der Waals surface area (Å²) in [5.41, 5.74) is 0.883. The first-order valence-corrected chi connectivity index (χ1v) is 9.36. The molecular formula is C18H17ClF2N4S. The predicted molar refractivity (Wildman–Crippen MR) is 101 cm³/mol. The maximum Gasteiger partial charge on any atom is 0.243 e. The molecule has 0 aromatic carbocycles. The van der Waals surface area contributed by atoms with Crippen LogP contribution in [0.3, 0.4) is 0 Å². The van der Waals surface area contributed by atoms with E-state index in [0.717, 1.165) is 4.88 Å². The van der Waals surface area contributed by atoms with Gasteiger partial charge in [0, 0.05) is 10.4 Å². The highest BCUT2D eigenvalue weighted by atomic mass is 35.5. The van der Waals surface area contributed by atoms with Gasteiger partial charge in [-0.25, -0.2) is 13.3 Å². The number of anilines is 1. The number of rotatable bonds is 6. The Balaban J connectivity index is 2.10. The Kier molecular flexibility index (Phi) is 5.74. The van der Waals surface area contributed by atoms with Gasteiger partial charge in [-0.05, 0) is 55.7 Å². The minimum Gasteiger partial charge on any atom is -0.363 e. The van der Waals surface area contributed by atoms with E-state index in [2.05, 4.69) is 27.2 Å². The molecule has 3 aromatic heterocycles. The second-order valence-corrected chi connectivity index (χ2v) is 7.13. The fourth-order valence-electron chi connectivity index (χ4n) is 2.66. The van der Waals surface area contributed by atoms with E-state index in [0.29, 0.717) is 17.8 Å². The van der Waals surface area contributed by atoms with Crippen LogP contribution in [-0.2, 0) is 13.0 Å². The van der Waals surface area contributed by atoms with Crippen LogP contribution in [0.15, 0.2) is 17.5 Å². The lowest BCUT2D eigenvalue weighted by atomic mass is 10.1. The molecule has 136 valence electrons. The van der Waals surface area contributed by atoms with E-state index in [-0.39, 0.29) is 29.5 Å². The molecule has 0 aliphatic heterocycles. The van der Waals surface area contributed by atoms with Gasteiger partial charge in [-0.3, -0.25) is 0 Å². The van der Waals surface area contributed by atoms with E-state index in [1.807, 2.05) is 17.5 Å². The van der Waals surface area contributed by atoms with Gasteiger partial charge >= 0.3 is 0 Å². The largest absolute Gasteiger partial charge is 0.363 e. The van der Waals surface area contributed by atoms with E-state index in [9.17, 15) is 4.39 Å². The maximum absolute atomic E-state index is 15.1. The second-order valence-electron chi connectivity index (χ2n) is 5.76. The molecule has 3 aromatic rings. The summed E-state index contributed by atoms with van der Waals surface area (Å²) in [6.07, 6.45) is -0.615. The predicted octanol–water partition coefficient (Wildman–Crippen LogP) is 4.86. The zero-order valence-electron chi connectivity index (χ0n) is 14.3. The van der Waals surface area contributed by atoms with Gasteiger partial charge in [0.15, 0.2) is 11.6 Å². The molecule has 0 aliphatic carbocycles. The molecule has 1 atom stereocenters. The first-order chi connectivity index (χ1) is 12.5. The highest BCUT2D eigenvalue weighted by Crippen LogP contribution is 2.29. The zero-order valence-corrected chi connectivity index (χ0v) is 15.9. The molecule has 0 radical (unpaired) electrons. The van der Waals surface area contributed by atoms with Crippen LogP contribution in [0.25, 0.3) is 5.52 Å². The number of hydrogen-bond acceptors (Lipinski definition) is 4. The quantitative estimate of drug-likeness (QED) is 0.607. The summed E-state index contributed by atoms with van der Waals surface area (Å²) in [7, 11) is 0. The molecule has 0 saturated heterocycles. The Morgan fingerprint density at radius 2 is 2.27 bits per heavy atom. The van der Waals surface area contributed by atoms with Gasteiger partial charge in [-0.15, -0.1) is 16.4 Å². The normalized spacial score (nSPS) is 12.0. The van der Waals surface area contributed by atoms with E-state index >= 15 is 4.39 Å². The first kappa shape index (κ1) is 18.6. The molecule has 0 spiro atoms. The monoisotopic (exact) mass is 394 g/mol. The second kappa shape index (κ2) is 8.02. The van der Waals surface area contributed by atoms with Gasteiger partial charge in [0.1, 0.15) is 11.2 Å². The molecule has 26 heavy (non-hydrogen) atoms. The van der Waals surface area contributed by atoms with Crippen LogP contribution in [0.4, 0.5) is 14.6 Å². The summed E-state index contributed by atoms with van der Waals surface area (Å²) >= 11 is 7.61.